The molecule has 2 aromatic carbocycles. The van der Waals surface area contributed by atoms with Crippen molar-refractivity contribution in [1.82, 2.24) is 10.2 Å². The van der Waals surface area contributed by atoms with E-state index in [0.717, 1.165) is 5.69 Å². The lowest BCUT2D eigenvalue weighted by atomic mass is 9.90. The van der Waals surface area contributed by atoms with Crippen LogP contribution in [-0.2, 0) is 0 Å². The molecule has 0 unspecified atom stereocenters. The van der Waals surface area contributed by atoms with Crippen LogP contribution in [0.15, 0.2) is 36.4 Å². The number of hydrogen-bond donors (Lipinski definition) is 1. The summed E-state index contributed by atoms with van der Waals surface area (Å²) in [6.45, 7) is 1.03. The van der Waals surface area contributed by atoms with Gasteiger partial charge in [0.05, 0.1) is 32.6 Å². The first-order chi connectivity index (χ1) is 14.9. The summed E-state index contributed by atoms with van der Waals surface area (Å²) >= 11 is 0. The van der Waals surface area contributed by atoms with Crippen molar-refractivity contribution in [3.8, 4) is 17.2 Å². The summed E-state index contributed by atoms with van der Waals surface area (Å²) in [6.07, 6.45) is 1.25. The Bertz CT molecular complexity index is 989. The van der Waals surface area contributed by atoms with Crippen molar-refractivity contribution in [3.63, 3.8) is 0 Å². The fourth-order valence-electron chi connectivity index (χ4n) is 4.48. The van der Waals surface area contributed by atoms with Gasteiger partial charge < -0.3 is 29.3 Å². The zero-order chi connectivity index (χ0) is 22.2. The number of benzene rings is 2. The number of rotatable bonds is 4. The van der Waals surface area contributed by atoms with Crippen molar-refractivity contribution in [2.75, 3.05) is 46.4 Å². The van der Waals surface area contributed by atoms with E-state index in [0.29, 0.717) is 54.3 Å². The number of amides is 2. The largest absolute Gasteiger partial charge is 0.493 e. The number of carbonyl (C=O) groups excluding carboxylic acids is 2. The van der Waals surface area contributed by atoms with Gasteiger partial charge in [0, 0.05) is 38.5 Å². The molecule has 0 atom stereocenters. The fourth-order valence-corrected chi connectivity index (χ4v) is 4.48. The zero-order valence-corrected chi connectivity index (χ0v) is 18.2. The summed E-state index contributed by atoms with van der Waals surface area (Å²) < 4.78 is 16.1. The summed E-state index contributed by atoms with van der Waals surface area (Å²) in [4.78, 5) is 29.8. The van der Waals surface area contributed by atoms with Gasteiger partial charge in [0.2, 0.25) is 5.75 Å². The minimum Gasteiger partial charge on any atom is -0.493 e. The maximum absolute atomic E-state index is 13.2. The standard InChI is InChI=1S/C23H27N3O5/c1-25-17-8-6-5-7-16(17)21(27)24-23(25)9-11-26(12-10-23)22(28)15-13-18(29-2)20(31-4)19(14-15)30-3/h5-8,13-14H,9-12H2,1-4H3,(H,24,27). The fraction of sp³-hybridized carbons (Fsp3) is 0.391. The van der Waals surface area contributed by atoms with Crippen LogP contribution in [0.3, 0.4) is 0 Å². The van der Waals surface area contributed by atoms with Gasteiger partial charge in [0.1, 0.15) is 5.66 Å². The quantitative estimate of drug-likeness (QED) is 0.811. The third kappa shape index (κ3) is 3.41. The Morgan fingerprint density at radius 2 is 1.61 bits per heavy atom. The Kier molecular flexibility index (Phi) is 5.39. The second kappa shape index (κ2) is 8.02. The van der Waals surface area contributed by atoms with Crippen molar-refractivity contribution < 1.29 is 23.8 Å². The molecule has 2 amide bonds. The monoisotopic (exact) mass is 425 g/mol. The lowest BCUT2D eigenvalue weighted by molar-refractivity contribution is 0.0608. The van der Waals surface area contributed by atoms with E-state index in [2.05, 4.69) is 10.2 Å². The van der Waals surface area contributed by atoms with E-state index in [1.165, 1.54) is 21.3 Å². The molecule has 1 spiro atoms. The molecule has 31 heavy (non-hydrogen) atoms. The van der Waals surface area contributed by atoms with Gasteiger partial charge in [-0.25, -0.2) is 0 Å². The second-order valence-electron chi connectivity index (χ2n) is 7.77. The van der Waals surface area contributed by atoms with Crippen molar-refractivity contribution in [2.45, 2.75) is 18.5 Å². The van der Waals surface area contributed by atoms with Gasteiger partial charge in [-0.2, -0.15) is 0 Å². The molecule has 0 radical (unpaired) electrons. The van der Waals surface area contributed by atoms with Crippen LogP contribution in [0.25, 0.3) is 0 Å². The molecule has 8 nitrogen and oxygen atoms in total. The van der Waals surface area contributed by atoms with Crippen LogP contribution >= 0.6 is 0 Å². The van der Waals surface area contributed by atoms with Crippen LogP contribution < -0.4 is 24.4 Å². The summed E-state index contributed by atoms with van der Waals surface area (Å²) in [5, 5.41) is 3.18. The lowest BCUT2D eigenvalue weighted by Gasteiger charge is -2.51. The highest BCUT2D eigenvalue weighted by atomic mass is 16.5. The highest BCUT2D eigenvalue weighted by Crippen LogP contribution is 2.40. The van der Waals surface area contributed by atoms with Crippen molar-refractivity contribution in [3.05, 3.63) is 47.5 Å². The first kappa shape index (κ1) is 20.8. The van der Waals surface area contributed by atoms with Crippen molar-refractivity contribution >= 4 is 17.5 Å². The molecule has 0 aromatic heterocycles. The summed E-state index contributed by atoms with van der Waals surface area (Å²) in [5.41, 5.74) is 1.55. The molecule has 4 rings (SSSR count). The van der Waals surface area contributed by atoms with Gasteiger partial charge in [-0.15, -0.1) is 0 Å². The Balaban J connectivity index is 1.54. The van der Waals surface area contributed by atoms with Gasteiger partial charge in [0.25, 0.3) is 11.8 Å². The molecular formula is C23H27N3O5. The first-order valence-corrected chi connectivity index (χ1v) is 10.2. The van der Waals surface area contributed by atoms with Gasteiger partial charge in [-0.1, -0.05) is 12.1 Å². The lowest BCUT2D eigenvalue weighted by Crippen LogP contribution is -2.67. The third-order valence-electron chi connectivity index (χ3n) is 6.29. The number of methoxy groups -OCH3 is 3. The highest BCUT2D eigenvalue weighted by Gasteiger charge is 2.44. The number of nitrogens with zero attached hydrogens (tertiary/aromatic N) is 2. The molecule has 8 heteroatoms. The van der Waals surface area contributed by atoms with Gasteiger partial charge in [-0.3, -0.25) is 9.59 Å². The normalized spacial score (nSPS) is 17.1. The third-order valence-corrected chi connectivity index (χ3v) is 6.29. The van der Waals surface area contributed by atoms with Crippen LogP contribution in [0.5, 0.6) is 17.2 Å². The Hall–Kier alpha value is -3.42. The van der Waals surface area contributed by atoms with E-state index in [4.69, 9.17) is 14.2 Å². The van der Waals surface area contributed by atoms with Crippen LogP contribution in [-0.4, -0.2) is 63.8 Å². The second-order valence-corrected chi connectivity index (χ2v) is 7.77. The number of hydrogen-bond acceptors (Lipinski definition) is 6. The number of fused-ring (bicyclic) bond motifs is 1. The van der Waals surface area contributed by atoms with Crippen molar-refractivity contribution in [2.24, 2.45) is 0 Å². The number of para-hydroxylation sites is 1. The molecule has 0 aliphatic carbocycles. The molecule has 2 heterocycles. The minimum atomic E-state index is -0.502. The van der Waals surface area contributed by atoms with Gasteiger partial charge in [-0.05, 0) is 24.3 Å². The van der Waals surface area contributed by atoms with Gasteiger partial charge in [0.15, 0.2) is 11.5 Å². The molecule has 1 saturated heterocycles. The predicted molar refractivity (Wildman–Crippen MR) is 116 cm³/mol. The van der Waals surface area contributed by atoms with E-state index < -0.39 is 5.66 Å². The topological polar surface area (TPSA) is 80.3 Å². The predicted octanol–water partition coefficient (Wildman–Crippen LogP) is 2.52. The maximum atomic E-state index is 13.2. The molecule has 0 bridgehead atoms. The first-order valence-electron chi connectivity index (χ1n) is 10.2. The molecule has 1 N–H and O–H groups in total. The number of anilines is 1. The summed E-state index contributed by atoms with van der Waals surface area (Å²) in [7, 11) is 6.57. The highest BCUT2D eigenvalue weighted by molar-refractivity contribution is 6.02. The minimum absolute atomic E-state index is 0.0712. The molecular weight excluding hydrogens is 398 g/mol. The van der Waals surface area contributed by atoms with E-state index in [-0.39, 0.29) is 11.8 Å². The van der Waals surface area contributed by atoms with Crippen LogP contribution in [0.1, 0.15) is 33.6 Å². The molecule has 2 aliphatic heterocycles. The van der Waals surface area contributed by atoms with Crippen LogP contribution in [0.4, 0.5) is 5.69 Å². The molecule has 2 aliphatic rings. The maximum Gasteiger partial charge on any atom is 0.255 e. The van der Waals surface area contributed by atoms with Crippen LogP contribution in [0, 0.1) is 0 Å². The van der Waals surface area contributed by atoms with Crippen molar-refractivity contribution in [1.29, 1.82) is 0 Å². The Morgan fingerprint density at radius 3 is 2.19 bits per heavy atom. The number of ether oxygens (including phenoxy) is 3. The van der Waals surface area contributed by atoms with E-state index >= 15 is 0 Å². The Morgan fingerprint density at radius 1 is 1.00 bits per heavy atom. The smallest absolute Gasteiger partial charge is 0.255 e. The van der Waals surface area contributed by atoms with E-state index in [1.807, 2.05) is 31.3 Å². The molecule has 0 saturated carbocycles. The van der Waals surface area contributed by atoms with E-state index in [9.17, 15) is 9.59 Å². The number of piperidine rings is 1. The average molecular weight is 425 g/mol. The average Bonchev–Trinajstić information content (AvgIpc) is 2.81. The van der Waals surface area contributed by atoms with Crippen LogP contribution in [0.2, 0.25) is 0 Å². The summed E-state index contributed by atoms with van der Waals surface area (Å²) in [6, 6.07) is 10.9. The number of likely N-dealkylation sites (tertiary alicyclic amines) is 1. The Labute approximate surface area is 181 Å². The summed E-state index contributed by atoms with van der Waals surface area (Å²) in [5.74, 6) is 1.14. The molecule has 1 fully saturated rings. The SMILES string of the molecule is COc1cc(C(=O)N2CCC3(CC2)NC(=O)c2ccccc2N3C)cc(OC)c1OC. The number of nitrogens with one attached hydrogen (secondary N) is 1. The number of carbonyl (C=O) groups is 2. The molecule has 164 valence electrons. The molecule has 2 aromatic rings. The zero-order valence-electron chi connectivity index (χ0n) is 18.2. The van der Waals surface area contributed by atoms with E-state index in [1.54, 1.807) is 17.0 Å². The van der Waals surface area contributed by atoms with Gasteiger partial charge >= 0.3 is 0 Å².